The van der Waals surface area contributed by atoms with Gasteiger partial charge in [-0.15, -0.1) is 0 Å². The van der Waals surface area contributed by atoms with Crippen LogP contribution < -0.4 is 19.7 Å². The summed E-state index contributed by atoms with van der Waals surface area (Å²) in [6, 6.07) is 8.07. The summed E-state index contributed by atoms with van der Waals surface area (Å²) in [6.07, 6.45) is 3.57. The second-order valence-electron chi connectivity index (χ2n) is 9.21. The van der Waals surface area contributed by atoms with Gasteiger partial charge in [-0.2, -0.15) is 0 Å². The van der Waals surface area contributed by atoms with E-state index in [-0.39, 0.29) is 29.9 Å². The molecule has 9 heteroatoms. The highest BCUT2D eigenvalue weighted by Gasteiger charge is 2.34. The van der Waals surface area contributed by atoms with Crippen LogP contribution in [0.2, 0.25) is 0 Å². The predicted molar refractivity (Wildman–Crippen MR) is 125 cm³/mol. The second-order valence-corrected chi connectivity index (χ2v) is 9.21. The Balaban J connectivity index is 1.31. The number of rotatable bonds is 7. The lowest BCUT2D eigenvalue weighted by atomic mass is 9.99. The molecule has 5 rings (SSSR count). The molecule has 1 amide bonds. The number of likely N-dealkylation sites (tertiary alicyclic amines) is 1. The van der Waals surface area contributed by atoms with E-state index in [0.29, 0.717) is 31.7 Å². The molecule has 3 atom stereocenters. The van der Waals surface area contributed by atoms with E-state index in [1.54, 1.807) is 12.3 Å². The van der Waals surface area contributed by atoms with Crippen LogP contribution in [0.1, 0.15) is 30.9 Å². The third-order valence-electron chi connectivity index (χ3n) is 6.86. The number of carbonyl (C=O) groups excluding carboxylic acids is 1. The van der Waals surface area contributed by atoms with Crippen LogP contribution in [0, 0.1) is 11.7 Å². The van der Waals surface area contributed by atoms with Crippen LogP contribution in [0.4, 0.5) is 10.2 Å². The molecule has 182 valence electrons. The molecule has 0 saturated carbocycles. The largest absolute Gasteiger partial charge is 0.486 e. The molecule has 0 spiro atoms. The number of fused-ring (bicyclic) bond motifs is 1. The number of aliphatic hydroxyl groups excluding tert-OH is 1. The molecule has 0 aliphatic carbocycles. The molecule has 0 bridgehead atoms. The van der Waals surface area contributed by atoms with Crippen molar-refractivity contribution in [3.05, 3.63) is 47.9 Å². The Bertz CT molecular complexity index is 1000. The van der Waals surface area contributed by atoms with Crippen molar-refractivity contribution in [3.8, 4) is 11.5 Å². The fraction of sp³-hybridized carbons (Fsp3) is 0.520. The number of pyridine rings is 1. The smallest absolute Gasteiger partial charge is 0.225 e. The molecule has 0 unspecified atom stereocenters. The van der Waals surface area contributed by atoms with Crippen molar-refractivity contribution in [2.75, 3.05) is 50.8 Å². The van der Waals surface area contributed by atoms with Gasteiger partial charge in [0.1, 0.15) is 25.1 Å². The Morgan fingerprint density at radius 1 is 1.21 bits per heavy atom. The first-order valence-electron chi connectivity index (χ1n) is 12.0. The number of aliphatic hydroxyl groups is 1. The fourth-order valence-corrected chi connectivity index (χ4v) is 5.03. The number of hydrogen-bond donors (Lipinski definition) is 2. The number of nitrogens with zero attached hydrogens (tertiary/aromatic N) is 3. The van der Waals surface area contributed by atoms with Crippen LogP contribution in [0.25, 0.3) is 0 Å². The number of aromatic nitrogens is 1. The summed E-state index contributed by atoms with van der Waals surface area (Å²) in [5.74, 6) is 0.348. The summed E-state index contributed by atoms with van der Waals surface area (Å²) in [5.41, 5.74) is 0.368. The number of halogens is 1. The number of ether oxygens (including phenoxy) is 2. The number of hydrogen-bond acceptors (Lipinski definition) is 7. The third-order valence-corrected chi connectivity index (χ3v) is 6.86. The van der Waals surface area contributed by atoms with Gasteiger partial charge >= 0.3 is 0 Å². The first-order chi connectivity index (χ1) is 16.6. The van der Waals surface area contributed by atoms with Crippen molar-refractivity contribution in [1.29, 1.82) is 0 Å². The van der Waals surface area contributed by atoms with Gasteiger partial charge in [-0.1, -0.05) is 6.07 Å². The van der Waals surface area contributed by atoms with Crippen LogP contribution in [0.5, 0.6) is 11.5 Å². The van der Waals surface area contributed by atoms with Gasteiger partial charge in [0.2, 0.25) is 5.91 Å². The third kappa shape index (κ3) is 4.95. The highest BCUT2D eigenvalue weighted by molar-refractivity contribution is 5.80. The van der Waals surface area contributed by atoms with Crippen LogP contribution >= 0.6 is 0 Å². The van der Waals surface area contributed by atoms with Crippen molar-refractivity contribution >= 4 is 11.7 Å². The topological polar surface area (TPSA) is 87.2 Å². The van der Waals surface area contributed by atoms with E-state index in [1.165, 1.54) is 6.07 Å². The van der Waals surface area contributed by atoms with Gasteiger partial charge < -0.3 is 29.7 Å². The highest BCUT2D eigenvalue weighted by Crippen LogP contribution is 2.36. The van der Waals surface area contributed by atoms with Gasteiger partial charge in [0.25, 0.3) is 0 Å². The first kappa shape index (κ1) is 22.9. The first-order valence-corrected chi connectivity index (χ1v) is 12.0. The average Bonchev–Trinajstić information content (AvgIpc) is 3.56. The van der Waals surface area contributed by atoms with Crippen molar-refractivity contribution in [1.82, 2.24) is 15.2 Å². The lowest BCUT2D eigenvalue weighted by Gasteiger charge is -2.30. The van der Waals surface area contributed by atoms with Gasteiger partial charge in [-0.3, -0.25) is 4.79 Å². The predicted octanol–water partition coefficient (Wildman–Crippen LogP) is 2.13. The number of anilines is 1. The van der Waals surface area contributed by atoms with Gasteiger partial charge in [0, 0.05) is 25.8 Å². The minimum atomic E-state index is -1.08. The van der Waals surface area contributed by atoms with Crippen LogP contribution in [0.15, 0.2) is 36.5 Å². The van der Waals surface area contributed by atoms with Crippen molar-refractivity contribution in [2.45, 2.75) is 31.4 Å². The lowest BCUT2D eigenvalue weighted by molar-refractivity contribution is -0.126. The zero-order valence-electron chi connectivity index (χ0n) is 19.2. The average molecular weight is 471 g/mol. The Morgan fingerprint density at radius 2 is 2.03 bits per heavy atom. The van der Waals surface area contributed by atoms with Gasteiger partial charge in [-0.05, 0) is 62.2 Å². The van der Waals surface area contributed by atoms with E-state index in [4.69, 9.17) is 9.47 Å². The van der Waals surface area contributed by atoms with Gasteiger partial charge in [0.15, 0.2) is 17.3 Å². The molecule has 8 nitrogen and oxygen atoms in total. The zero-order chi connectivity index (χ0) is 23.5. The van der Waals surface area contributed by atoms with Crippen molar-refractivity contribution < 1.29 is 23.8 Å². The number of benzene rings is 1. The normalized spacial score (nSPS) is 21.9. The molecule has 1 aromatic heterocycles. The highest BCUT2D eigenvalue weighted by atomic mass is 19.1. The summed E-state index contributed by atoms with van der Waals surface area (Å²) in [6.45, 7) is 4.29. The van der Waals surface area contributed by atoms with Crippen LogP contribution in [-0.2, 0) is 4.79 Å². The van der Waals surface area contributed by atoms with Crippen molar-refractivity contribution in [2.24, 2.45) is 5.92 Å². The maximum atomic E-state index is 14.6. The molecule has 3 aliphatic rings. The summed E-state index contributed by atoms with van der Waals surface area (Å²) < 4.78 is 25.6. The molecule has 34 heavy (non-hydrogen) atoms. The molecular weight excluding hydrogens is 439 g/mol. The quantitative estimate of drug-likeness (QED) is 0.641. The Labute approximate surface area is 198 Å². The number of carbonyl (C=O) groups is 1. The molecule has 4 heterocycles. The fourth-order valence-electron chi connectivity index (χ4n) is 5.03. The zero-order valence-corrected chi connectivity index (χ0v) is 19.2. The summed E-state index contributed by atoms with van der Waals surface area (Å²) in [5, 5.41) is 14.3. The minimum absolute atomic E-state index is 0.0721. The van der Waals surface area contributed by atoms with E-state index < -0.39 is 18.0 Å². The molecule has 2 N–H and O–H groups in total. The summed E-state index contributed by atoms with van der Waals surface area (Å²) in [7, 11) is 0. The molecule has 1 aromatic carbocycles. The van der Waals surface area contributed by atoms with Crippen molar-refractivity contribution in [3.63, 3.8) is 0 Å². The molecule has 2 fully saturated rings. The van der Waals surface area contributed by atoms with E-state index in [0.717, 1.165) is 38.3 Å². The molecule has 0 radical (unpaired) electrons. The second kappa shape index (κ2) is 10.1. The Morgan fingerprint density at radius 3 is 2.82 bits per heavy atom. The van der Waals surface area contributed by atoms with E-state index in [9.17, 15) is 14.3 Å². The monoisotopic (exact) mass is 470 g/mol. The van der Waals surface area contributed by atoms with E-state index >= 15 is 0 Å². The number of amides is 1. The SMILES string of the molecule is O=C(N[C@H](CN1CCCC1)[C@H](O)c1cc(F)c2c(c1)OCCO2)[C@@H]1CCN(c2ccccn2)C1. The Hall–Kier alpha value is -2.91. The van der Waals surface area contributed by atoms with Crippen LogP contribution in [-0.4, -0.2) is 72.9 Å². The summed E-state index contributed by atoms with van der Waals surface area (Å²) >= 11 is 0. The van der Waals surface area contributed by atoms with Gasteiger partial charge in [-0.25, -0.2) is 9.37 Å². The standard InChI is InChI=1S/C25H31FN4O4/c26-19-13-18(14-21-24(19)34-12-11-33-21)23(31)20(16-29-8-3-4-9-29)28-25(32)17-6-10-30(15-17)22-5-1-2-7-27-22/h1-2,5,7,13-14,17,20,23,31H,3-4,6,8-12,15-16H2,(H,28,32)/t17-,20-,23-/m1/s1. The molecule has 2 saturated heterocycles. The number of nitrogens with one attached hydrogen (secondary N) is 1. The maximum Gasteiger partial charge on any atom is 0.225 e. The maximum absolute atomic E-state index is 14.6. The molecule has 3 aliphatic heterocycles. The van der Waals surface area contributed by atoms with E-state index in [1.807, 2.05) is 18.2 Å². The summed E-state index contributed by atoms with van der Waals surface area (Å²) in [4.78, 5) is 22.0. The molecule has 2 aromatic rings. The lowest BCUT2D eigenvalue weighted by Crippen LogP contribution is -2.48. The van der Waals surface area contributed by atoms with Gasteiger partial charge in [0.05, 0.1) is 12.0 Å². The van der Waals surface area contributed by atoms with E-state index in [2.05, 4.69) is 20.1 Å². The van der Waals surface area contributed by atoms with Crippen LogP contribution in [0.3, 0.4) is 0 Å². The minimum Gasteiger partial charge on any atom is -0.486 e. The molecular formula is C25H31FN4O4. The Kier molecular flexibility index (Phi) is 6.82.